The van der Waals surface area contributed by atoms with E-state index in [2.05, 4.69) is 20.8 Å². The van der Waals surface area contributed by atoms with E-state index in [4.69, 9.17) is 10.5 Å². The van der Waals surface area contributed by atoms with E-state index in [-0.39, 0.29) is 22.6 Å². The predicted octanol–water partition coefficient (Wildman–Crippen LogP) is 3.20. The lowest BCUT2D eigenvalue weighted by molar-refractivity contribution is 0.0417. The van der Waals surface area contributed by atoms with Gasteiger partial charge in [-0.2, -0.15) is 0 Å². The highest BCUT2D eigenvalue weighted by Crippen LogP contribution is 2.25. The summed E-state index contributed by atoms with van der Waals surface area (Å²) in [5, 5.41) is 9.60. The van der Waals surface area contributed by atoms with Crippen LogP contribution in [0.5, 0.6) is 5.75 Å². The summed E-state index contributed by atoms with van der Waals surface area (Å²) in [5.74, 6) is -0.375. The predicted molar refractivity (Wildman–Crippen MR) is 76.0 cm³/mol. The molecule has 0 saturated heterocycles. The summed E-state index contributed by atoms with van der Waals surface area (Å²) in [4.78, 5) is 11.9. The van der Waals surface area contributed by atoms with E-state index < -0.39 is 5.97 Å². The summed E-state index contributed by atoms with van der Waals surface area (Å²) in [6, 6.07) is 4.35. The monoisotopic (exact) mass is 265 g/mol. The van der Waals surface area contributed by atoms with Crippen molar-refractivity contribution >= 4 is 11.7 Å². The highest BCUT2D eigenvalue weighted by molar-refractivity contribution is 5.93. The molecular formula is C15H23NO3. The average Bonchev–Trinajstić information content (AvgIpc) is 2.27. The van der Waals surface area contributed by atoms with Gasteiger partial charge in [-0.25, -0.2) is 4.79 Å². The van der Waals surface area contributed by atoms with Gasteiger partial charge in [0.1, 0.15) is 11.3 Å². The normalized spacial score (nSPS) is 13.1. The van der Waals surface area contributed by atoms with E-state index >= 15 is 0 Å². The lowest BCUT2D eigenvalue weighted by Crippen LogP contribution is -2.18. The molecule has 4 heteroatoms. The van der Waals surface area contributed by atoms with Gasteiger partial charge >= 0.3 is 5.97 Å². The molecule has 1 aromatic carbocycles. The first kappa shape index (κ1) is 15.3. The number of carbonyl (C=O) groups excluding carboxylic acids is 1. The van der Waals surface area contributed by atoms with E-state index in [1.54, 1.807) is 0 Å². The number of phenols is 1. The van der Waals surface area contributed by atoms with Crippen molar-refractivity contribution in [3.63, 3.8) is 0 Å². The summed E-state index contributed by atoms with van der Waals surface area (Å²) >= 11 is 0. The van der Waals surface area contributed by atoms with Gasteiger partial charge in [0.25, 0.3) is 0 Å². The maximum absolute atomic E-state index is 11.9. The molecule has 0 unspecified atom stereocenters. The third kappa shape index (κ3) is 5.20. The van der Waals surface area contributed by atoms with E-state index in [0.29, 0.717) is 12.3 Å². The highest BCUT2D eigenvalue weighted by Gasteiger charge is 2.18. The number of ether oxygens (including phenoxy) is 1. The lowest BCUT2D eigenvalue weighted by Gasteiger charge is -2.22. The highest BCUT2D eigenvalue weighted by atomic mass is 16.5. The third-order valence-corrected chi connectivity index (χ3v) is 2.70. The summed E-state index contributed by atoms with van der Waals surface area (Å²) in [6.45, 7) is 8.82. The van der Waals surface area contributed by atoms with E-state index in [9.17, 15) is 9.90 Å². The van der Waals surface area contributed by atoms with Gasteiger partial charge in [-0.1, -0.05) is 27.7 Å². The number of hydrogen-bond donors (Lipinski definition) is 2. The quantitative estimate of drug-likeness (QED) is 0.498. The van der Waals surface area contributed by atoms with Crippen molar-refractivity contribution < 1.29 is 14.6 Å². The minimum atomic E-state index is -0.537. The number of esters is 1. The molecule has 1 rings (SSSR count). The summed E-state index contributed by atoms with van der Waals surface area (Å²) < 4.78 is 5.22. The fourth-order valence-corrected chi connectivity index (χ4v) is 2.12. The van der Waals surface area contributed by atoms with Crippen molar-refractivity contribution in [3.05, 3.63) is 23.8 Å². The van der Waals surface area contributed by atoms with Crippen LogP contribution >= 0.6 is 0 Å². The van der Waals surface area contributed by atoms with Gasteiger partial charge in [0, 0.05) is 5.69 Å². The Morgan fingerprint density at radius 1 is 1.42 bits per heavy atom. The van der Waals surface area contributed by atoms with Crippen molar-refractivity contribution in [2.45, 2.75) is 34.1 Å². The van der Waals surface area contributed by atoms with Crippen molar-refractivity contribution in [3.8, 4) is 5.75 Å². The van der Waals surface area contributed by atoms with E-state index in [1.165, 1.54) is 18.2 Å². The summed E-state index contributed by atoms with van der Waals surface area (Å²) in [7, 11) is 0. The van der Waals surface area contributed by atoms with Crippen LogP contribution in [0.1, 0.15) is 44.5 Å². The second-order valence-electron chi connectivity index (χ2n) is 6.25. The Morgan fingerprint density at radius 2 is 2.05 bits per heavy atom. The molecule has 0 spiro atoms. The van der Waals surface area contributed by atoms with Crippen molar-refractivity contribution in [1.82, 2.24) is 0 Å². The molecule has 106 valence electrons. The molecule has 1 aromatic rings. The Labute approximate surface area is 114 Å². The van der Waals surface area contributed by atoms with Crippen LogP contribution in [0.3, 0.4) is 0 Å². The van der Waals surface area contributed by atoms with Gasteiger partial charge in [0.15, 0.2) is 0 Å². The second kappa shape index (κ2) is 5.95. The van der Waals surface area contributed by atoms with Crippen molar-refractivity contribution in [2.24, 2.45) is 11.3 Å². The smallest absolute Gasteiger partial charge is 0.341 e. The van der Waals surface area contributed by atoms with Gasteiger partial charge in [0.05, 0.1) is 6.61 Å². The number of rotatable bonds is 4. The van der Waals surface area contributed by atoms with Crippen LogP contribution in [0.4, 0.5) is 5.69 Å². The van der Waals surface area contributed by atoms with Gasteiger partial charge in [-0.3, -0.25) is 0 Å². The molecule has 0 heterocycles. The Balaban J connectivity index is 2.58. The Bertz CT molecular complexity index is 449. The zero-order valence-corrected chi connectivity index (χ0v) is 12.1. The molecule has 0 saturated carbocycles. The molecule has 0 radical (unpaired) electrons. The van der Waals surface area contributed by atoms with Crippen LogP contribution in [0.25, 0.3) is 0 Å². The van der Waals surface area contributed by atoms with Gasteiger partial charge in [0.2, 0.25) is 0 Å². The Morgan fingerprint density at radius 3 is 2.63 bits per heavy atom. The first-order valence-electron chi connectivity index (χ1n) is 6.44. The molecule has 0 aliphatic carbocycles. The average molecular weight is 265 g/mol. The minimum Gasteiger partial charge on any atom is -0.507 e. The molecule has 0 aromatic heterocycles. The summed E-state index contributed by atoms with van der Waals surface area (Å²) in [6.07, 6.45) is 0.961. The SMILES string of the molecule is C[C@H](COC(=O)c1cc(N)ccc1O)CC(C)(C)C. The maximum atomic E-state index is 11.9. The van der Waals surface area contributed by atoms with E-state index in [0.717, 1.165) is 6.42 Å². The molecule has 4 nitrogen and oxygen atoms in total. The molecule has 19 heavy (non-hydrogen) atoms. The number of carbonyl (C=O) groups is 1. The lowest BCUT2D eigenvalue weighted by atomic mass is 9.86. The number of aromatic hydroxyl groups is 1. The first-order valence-corrected chi connectivity index (χ1v) is 6.44. The molecule has 0 bridgehead atoms. The zero-order valence-electron chi connectivity index (χ0n) is 12.1. The van der Waals surface area contributed by atoms with Gasteiger partial charge in [-0.05, 0) is 36.0 Å². The molecule has 0 fully saturated rings. The fraction of sp³-hybridized carbons (Fsp3) is 0.533. The van der Waals surface area contributed by atoms with E-state index in [1.807, 2.05) is 6.92 Å². The number of phenolic OH excluding ortho intramolecular Hbond substituents is 1. The third-order valence-electron chi connectivity index (χ3n) is 2.70. The number of nitrogen functional groups attached to an aromatic ring is 1. The zero-order chi connectivity index (χ0) is 14.6. The van der Waals surface area contributed by atoms with Crippen molar-refractivity contribution in [2.75, 3.05) is 12.3 Å². The fourth-order valence-electron chi connectivity index (χ4n) is 2.12. The number of hydrogen-bond acceptors (Lipinski definition) is 4. The van der Waals surface area contributed by atoms with Crippen LogP contribution in [-0.4, -0.2) is 17.7 Å². The number of nitrogens with two attached hydrogens (primary N) is 1. The van der Waals surface area contributed by atoms with Gasteiger partial charge < -0.3 is 15.6 Å². The minimum absolute atomic E-state index is 0.109. The van der Waals surface area contributed by atoms with Gasteiger partial charge in [-0.15, -0.1) is 0 Å². The Hall–Kier alpha value is -1.71. The summed E-state index contributed by atoms with van der Waals surface area (Å²) in [5.41, 5.74) is 6.32. The van der Waals surface area contributed by atoms with Crippen LogP contribution in [0.15, 0.2) is 18.2 Å². The number of anilines is 1. The molecule has 0 aliphatic heterocycles. The molecular weight excluding hydrogens is 242 g/mol. The van der Waals surface area contributed by atoms with Crippen LogP contribution in [0.2, 0.25) is 0 Å². The Kier molecular flexibility index (Phi) is 4.81. The standard InChI is InChI=1S/C15H23NO3/c1-10(8-15(2,3)4)9-19-14(18)12-7-11(16)5-6-13(12)17/h5-7,10,17H,8-9,16H2,1-4H3/t10-/m0/s1. The molecule has 0 aliphatic rings. The van der Waals surface area contributed by atoms with Crippen LogP contribution < -0.4 is 5.73 Å². The largest absolute Gasteiger partial charge is 0.507 e. The number of benzene rings is 1. The maximum Gasteiger partial charge on any atom is 0.341 e. The second-order valence-corrected chi connectivity index (χ2v) is 6.25. The molecule has 0 amide bonds. The topological polar surface area (TPSA) is 72.5 Å². The molecule has 1 atom stereocenters. The first-order chi connectivity index (χ1) is 8.69. The molecule has 3 N–H and O–H groups in total. The van der Waals surface area contributed by atoms with Crippen LogP contribution in [0, 0.1) is 11.3 Å². The van der Waals surface area contributed by atoms with Crippen molar-refractivity contribution in [1.29, 1.82) is 0 Å². The van der Waals surface area contributed by atoms with Crippen LogP contribution in [-0.2, 0) is 4.74 Å².